The van der Waals surface area contributed by atoms with Gasteiger partial charge in [0.15, 0.2) is 0 Å². The lowest BCUT2D eigenvalue weighted by molar-refractivity contribution is -0.117. The number of carbonyl (C=O) groups is 1. The number of anilines is 1. The smallest absolute Gasteiger partial charge is 0.237 e. The Balaban J connectivity index is 1.93. The Bertz CT molecular complexity index is 819. The van der Waals surface area contributed by atoms with Crippen molar-refractivity contribution >= 4 is 31.5 Å². The second-order valence-corrected chi connectivity index (χ2v) is 7.94. The fourth-order valence-corrected chi connectivity index (χ4v) is 3.46. The molecule has 1 saturated heterocycles. The summed E-state index contributed by atoms with van der Waals surface area (Å²) in [5.74, 6) is 0.235. The Morgan fingerprint density at radius 2 is 2.09 bits per heavy atom. The van der Waals surface area contributed by atoms with Crippen LogP contribution in [0.1, 0.15) is 6.42 Å². The molecule has 0 aromatic carbocycles. The monoisotopic (exact) mass is 340 g/mol. The van der Waals surface area contributed by atoms with Gasteiger partial charge in [0.25, 0.3) is 0 Å². The van der Waals surface area contributed by atoms with Gasteiger partial charge >= 0.3 is 0 Å². The summed E-state index contributed by atoms with van der Waals surface area (Å²) >= 11 is 0. The first-order chi connectivity index (χ1) is 10.4. The molecule has 1 unspecified atom stereocenters. The van der Waals surface area contributed by atoms with E-state index in [1.807, 2.05) is 12.1 Å². The van der Waals surface area contributed by atoms with Gasteiger partial charge in [-0.3, -0.25) is 19.4 Å². The highest BCUT2D eigenvalue weighted by molar-refractivity contribution is 8.14. The first kappa shape index (κ1) is 15.0. The number of hydrogen-bond acceptors (Lipinski definition) is 5. The van der Waals surface area contributed by atoms with Crippen molar-refractivity contribution in [2.24, 2.45) is 7.05 Å². The Morgan fingerprint density at radius 3 is 2.68 bits per heavy atom. The van der Waals surface area contributed by atoms with E-state index in [4.69, 9.17) is 10.7 Å². The van der Waals surface area contributed by atoms with Crippen LogP contribution in [0.5, 0.6) is 0 Å². The van der Waals surface area contributed by atoms with Crippen molar-refractivity contribution in [3.05, 3.63) is 30.5 Å². The van der Waals surface area contributed by atoms with Crippen molar-refractivity contribution in [3.8, 4) is 11.4 Å². The predicted octanol–water partition coefficient (Wildman–Crippen LogP) is 1.16. The number of rotatable bonds is 3. The molecule has 1 aliphatic rings. The average molecular weight is 341 g/mol. The van der Waals surface area contributed by atoms with Crippen molar-refractivity contribution in [2.75, 3.05) is 11.4 Å². The highest BCUT2D eigenvalue weighted by atomic mass is 35.7. The van der Waals surface area contributed by atoms with Gasteiger partial charge < -0.3 is 0 Å². The van der Waals surface area contributed by atoms with E-state index in [1.165, 1.54) is 9.58 Å². The molecule has 3 heterocycles. The van der Waals surface area contributed by atoms with Gasteiger partial charge in [0.1, 0.15) is 16.8 Å². The lowest BCUT2D eigenvalue weighted by Crippen LogP contribution is -2.28. The lowest BCUT2D eigenvalue weighted by atomic mass is 10.3. The molecule has 0 radical (unpaired) electrons. The highest BCUT2D eigenvalue weighted by Crippen LogP contribution is 2.29. The second-order valence-electron chi connectivity index (χ2n) is 5.03. The van der Waals surface area contributed by atoms with E-state index in [1.54, 1.807) is 25.4 Å². The molecule has 116 valence electrons. The second kappa shape index (κ2) is 5.36. The summed E-state index contributed by atoms with van der Waals surface area (Å²) in [6, 6.07) is 7.16. The van der Waals surface area contributed by atoms with E-state index in [0.717, 1.165) is 0 Å². The Labute approximate surface area is 131 Å². The van der Waals surface area contributed by atoms with Gasteiger partial charge in [0.05, 0.1) is 5.69 Å². The maximum atomic E-state index is 12.1. The van der Waals surface area contributed by atoms with Gasteiger partial charge in [-0.2, -0.15) is 5.10 Å². The number of carbonyl (C=O) groups excluding carboxylic acids is 1. The molecule has 9 heteroatoms. The zero-order valence-corrected chi connectivity index (χ0v) is 13.3. The van der Waals surface area contributed by atoms with Gasteiger partial charge in [-0.15, -0.1) is 0 Å². The van der Waals surface area contributed by atoms with Crippen LogP contribution < -0.4 is 4.90 Å². The van der Waals surface area contributed by atoms with Crippen LogP contribution >= 0.6 is 10.7 Å². The van der Waals surface area contributed by atoms with Crippen molar-refractivity contribution in [3.63, 3.8) is 0 Å². The van der Waals surface area contributed by atoms with E-state index in [-0.39, 0.29) is 18.9 Å². The van der Waals surface area contributed by atoms with E-state index in [9.17, 15) is 13.2 Å². The molecule has 7 nitrogen and oxygen atoms in total. The van der Waals surface area contributed by atoms with Gasteiger partial charge in [-0.1, -0.05) is 6.07 Å². The average Bonchev–Trinajstić information content (AvgIpc) is 3.02. The molecule has 2 aromatic heterocycles. The first-order valence-electron chi connectivity index (χ1n) is 6.55. The van der Waals surface area contributed by atoms with Crippen molar-refractivity contribution < 1.29 is 13.2 Å². The molecule has 0 bridgehead atoms. The molecule has 2 aromatic rings. The van der Waals surface area contributed by atoms with Gasteiger partial charge in [0.2, 0.25) is 15.0 Å². The Morgan fingerprint density at radius 1 is 1.32 bits per heavy atom. The number of aromatic nitrogens is 3. The molecule has 1 aliphatic heterocycles. The van der Waals surface area contributed by atoms with E-state index < -0.39 is 14.3 Å². The predicted molar refractivity (Wildman–Crippen MR) is 82.0 cm³/mol. The minimum atomic E-state index is -3.77. The molecule has 3 rings (SSSR count). The quantitative estimate of drug-likeness (QED) is 0.783. The maximum absolute atomic E-state index is 12.1. The van der Waals surface area contributed by atoms with Crippen LogP contribution in [0.3, 0.4) is 0 Å². The summed E-state index contributed by atoms with van der Waals surface area (Å²) in [5, 5.41) is 3.43. The molecule has 0 N–H and O–H groups in total. The third-order valence-electron chi connectivity index (χ3n) is 3.55. The largest absolute Gasteiger partial charge is 0.296 e. The third kappa shape index (κ3) is 2.71. The van der Waals surface area contributed by atoms with Crippen molar-refractivity contribution in [1.29, 1.82) is 0 Å². The van der Waals surface area contributed by atoms with E-state index >= 15 is 0 Å². The standard InChI is InChI=1S/C13H13ClN4O3S/c1-17-12(7-11(16-17)10-4-2-3-5-15-10)18-8-9(6-13(18)19)22(14,20)21/h2-5,7,9H,6,8H2,1H3. The van der Waals surface area contributed by atoms with Crippen LogP contribution in [-0.2, 0) is 20.9 Å². The molecule has 0 aliphatic carbocycles. The molecule has 22 heavy (non-hydrogen) atoms. The summed E-state index contributed by atoms with van der Waals surface area (Å²) < 4.78 is 24.4. The van der Waals surface area contributed by atoms with E-state index in [2.05, 4.69) is 10.1 Å². The Kier molecular flexibility index (Phi) is 3.65. The molecular formula is C13H13ClN4O3S. The van der Waals surface area contributed by atoms with E-state index in [0.29, 0.717) is 17.2 Å². The molecule has 0 spiro atoms. The molecule has 0 saturated carbocycles. The summed E-state index contributed by atoms with van der Waals surface area (Å²) in [5.41, 5.74) is 1.29. The highest BCUT2D eigenvalue weighted by Gasteiger charge is 2.39. The number of hydrogen-bond donors (Lipinski definition) is 0. The normalized spacial score (nSPS) is 18.9. The minimum absolute atomic E-state index is 0.0336. The molecular weight excluding hydrogens is 328 g/mol. The molecule has 1 atom stereocenters. The zero-order chi connectivity index (χ0) is 15.9. The van der Waals surface area contributed by atoms with Crippen LogP contribution in [0.25, 0.3) is 11.4 Å². The van der Waals surface area contributed by atoms with Crippen LogP contribution in [0.2, 0.25) is 0 Å². The summed E-state index contributed by atoms with van der Waals surface area (Å²) in [6.07, 6.45) is 1.54. The van der Waals surface area contributed by atoms with Gasteiger partial charge in [-0.25, -0.2) is 8.42 Å². The van der Waals surface area contributed by atoms with Crippen molar-refractivity contribution in [1.82, 2.24) is 14.8 Å². The van der Waals surface area contributed by atoms with Crippen LogP contribution in [0, 0.1) is 0 Å². The number of pyridine rings is 1. The number of nitrogens with zero attached hydrogens (tertiary/aromatic N) is 4. The Hall–Kier alpha value is -1.93. The van der Waals surface area contributed by atoms with Crippen LogP contribution in [0.15, 0.2) is 30.5 Å². The molecule has 1 amide bonds. The van der Waals surface area contributed by atoms with Crippen LogP contribution in [-0.4, -0.2) is 40.9 Å². The SMILES string of the molecule is Cn1nc(-c2ccccn2)cc1N1CC(S(=O)(=O)Cl)CC1=O. The summed E-state index contributed by atoms with van der Waals surface area (Å²) in [7, 11) is 3.28. The van der Waals surface area contributed by atoms with Gasteiger partial charge in [0, 0.05) is 43.0 Å². The van der Waals surface area contributed by atoms with Gasteiger partial charge in [-0.05, 0) is 12.1 Å². The van der Waals surface area contributed by atoms with Crippen LogP contribution in [0.4, 0.5) is 5.82 Å². The maximum Gasteiger partial charge on any atom is 0.237 e. The zero-order valence-electron chi connectivity index (χ0n) is 11.7. The number of halogens is 1. The fraction of sp³-hybridized carbons (Fsp3) is 0.308. The number of amides is 1. The number of aryl methyl sites for hydroxylation is 1. The third-order valence-corrected chi connectivity index (χ3v) is 5.41. The molecule has 1 fully saturated rings. The minimum Gasteiger partial charge on any atom is -0.296 e. The summed E-state index contributed by atoms with van der Waals surface area (Å²) in [4.78, 5) is 17.7. The van der Waals surface area contributed by atoms with Crippen molar-refractivity contribution in [2.45, 2.75) is 11.7 Å². The topological polar surface area (TPSA) is 85.2 Å². The fourth-order valence-electron chi connectivity index (χ4n) is 2.43. The lowest BCUT2D eigenvalue weighted by Gasteiger charge is -2.15. The first-order valence-corrected chi connectivity index (χ1v) is 8.93. The summed E-state index contributed by atoms with van der Waals surface area (Å²) in [6.45, 7) is 0.0336.